The van der Waals surface area contributed by atoms with Gasteiger partial charge in [-0.15, -0.1) is 0 Å². The molecule has 0 unspecified atom stereocenters. The van der Waals surface area contributed by atoms with Crippen LogP contribution in [0.25, 0.3) is 16.0 Å². The molecule has 0 atom stereocenters. The molecule has 1 aromatic heterocycles. The standard InChI is InChI=1S/C17H18FN3O3.N3.Na/c1-20-15(19)12-7-8-21(9-10-3-5-11(18)6-4-10)16(22)13(12)14(24-2)17(20)23;1-3-2;/h3-6H,7-9,19H2,1-2H3;;/q;-1;+1. The van der Waals surface area contributed by atoms with Gasteiger partial charge in [-0.2, -0.15) is 0 Å². The molecular formula is C17H18FN6NaO3. The fraction of sp³-hybridized carbons (Fsp3) is 0.294. The predicted octanol–water partition coefficient (Wildman–Crippen LogP) is -0.816. The minimum Gasteiger partial charge on any atom is -0.490 e. The van der Waals surface area contributed by atoms with E-state index in [9.17, 15) is 14.0 Å². The SMILES string of the molecule is COc1c2c(c(N)n(C)c1=O)CCN(Cc1ccc(F)cc1)C2=O.[N-]=[N+]=[N-].[Na+]. The van der Waals surface area contributed by atoms with Crippen LogP contribution in [0.4, 0.5) is 10.2 Å². The van der Waals surface area contributed by atoms with Gasteiger partial charge in [-0.05, 0) is 24.1 Å². The van der Waals surface area contributed by atoms with Crippen LogP contribution in [-0.4, -0.2) is 29.0 Å². The fourth-order valence-corrected chi connectivity index (χ4v) is 2.97. The molecule has 0 fully saturated rings. The van der Waals surface area contributed by atoms with Gasteiger partial charge in [-0.1, -0.05) is 12.1 Å². The molecule has 2 heterocycles. The van der Waals surface area contributed by atoms with Crippen LogP contribution in [0.2, 0.25) is 0 Å². The van der Waals surface area contributed by atoms with E-state index in [1.807, 2.05) is 0 Å². The summed E-state index contributed by atoms with van der Waals surface area (Å²) in [6.07, 6.45) is 0.526. The zero-order valence-corrected chi connectivity index (χ0v) is 17.8. The Morgan fingerprint density at radius 1 is 1.25 bits per heavy atom. The Labute approximate surface area is 182 Å². The van der Waals surface area contributed by atoms with Crippen molar-refractivity contribution in [3.63, 3.8) is 0 Å². The third kappa shape index (κ3) is 4.66. The smallest absolute Gasteiger partial charge is 0.490 e. The van der Waals surface area contributed by atoms with Crippen LogP contribution in [0.1, 0.15) is 21.5 Å². The number of hydrogen-bond donors (Lipinski definition) is 1. The number of rotatable bonds is 3. The molecule has 11 heteroatoms. The molecule has 0 radical (unpaired) electrons. The van der Waals surface area contributed by atoms with Gasteiger partial charge in [-0.25, -0.2) is 4.39 Å². The van der Waals surface area contributed by atoms with E-state index in [-0.39, 0.29) is 58.4 Å². The molecule has 2 aromatic rings. The van der Waals surface area contributed by atoms with Crippen molar-refractivity contribution in [2.24, 2.45) is 7.05 Å². The Bertz CT molecular complexity index is 955. The number of methoxy groups -OCH3 is 1. The van der Waals surface area contributed by atoms with Crippen molar-refractivity contribution in [2.75, 3.05) is 19.4 Å². The number of halogens is 1. The first-order valence-electron chi connectivity index (χ1n) is 7.93. The summed E-state index contributed by atoms with van der Waals surface area (Å²) in [4.78, 5) is 28.2. The normalized spacial score (nSPS) is 12.1. The maximum absolute atomic E-state index is 13.0. The molecule has 0 bridgehead atoms. The number of carbonyl (C=O) groups is 1. The van der Waals surface area contributed by atoms with Gasteiger partial charge in [0, 0.05) is 25.7 Å². The van der Waals surface area contributed by atoms with Crippen LogP contribution in [0.5, 0.6) is 5.75 Å². The number of aromatic nitrogens is 1. The number of benzene rings is 1. The number of pyridine rings is 1. The number of hydrogen-bond acceptors (Lipinski definition) is 4. The molecule has 0 spiro atoms. The van der Waals surface area contributed by atoms with Crippen LogP contribution in [0.3, 0.4) is 0 Å². The summed E-state index contributed by atoms with van der Waals surface area (Å²) < 4.78 is 19.5. The molecule has 9 nitrogen and oxygen atoms in total. The van der Waals surface area contributed by atoms with E-state index in [0.717, 1.165) is 5.56 Å². The van der Waals surface area contributed by atoms with E-state index in [1.165, 1.54) is 28.7 Å². The summed E-state index contributed by atoms with van der Waals surface area (Å²) in [6.45, 7) is 0.797. The number of amides is 1. The number of carbonyl (C=O) groups excluding carboxylic acids is 1. The number of nitrogen functional groups attached to an aromatic ring is 1. The fourth-order valence-electron chi connectivity index (χ4n) is 2.97. The quantitative estimate of drug-likeness (QED) is 0.314. The van der Waals surface area contributed by atoms with Gasteiger partial charge < -0.3 is 26.4 Å². The molecule has 142 valence electrons. The topological polar surface area (TPSA) is 136 Å². The second-order valence-electron chi connectivity index (χ2n) is 5.83. The Kier molecular flexibility index (Phi) is 8.52. The summed E-state index contributed by atoms with van der Waals surface area (Å²) in [5, 5.41) is 0. The predicted molar refractivity (Wildman–Crippen MR) is 97.6 cm³/mol. The van der Waals surface area contributed by atoms with E-state index in [4.69, 9.17) is 21.5 Å². The van der Waals surface area contributed by atoms with Gasteiger partial charge in [0.2, 0.25) is 0 Å². The summed E-state index contributed by atoms with van der Waals surface area (Å²) in [7, 11) is 2.91. The van der Waals surface area contributed by atoms with E-state index < -0.39 is 5.56 Å². The third-order valence-corrected chi connectivity index (χ3v) is 4.32. The van der Waals surface area contributed by atoms with Gasteiger partial charge in [-0.3, -0.25) is 19.1 Å². The van der Waals surface area contributed by atoms with Crippen LogP contribution in [0, 0.1) is 5.82 Å². The van der Waals surface area contributed by atoms with Crippen molar-refractivity contribution in [1.82, 2.24) is 9.47 Å². The molecule has 1 aliphatic rings. The zero-order chi connectivity index (χ0) is 20.1. The summed E-state index contributed by atoms with van der Waals surface area (Å²) in [5.41, 5.74) is 20.7. The maximum atomic E-state index is 13.0. The van der Waals surface area contributed by atoms with Crippen molar-refractivity contribution in [3.8, 4) is 5.75 Å². The van der Waals surface area contributed by atoms with Gasteiger partial charge in [0.05, 0.1) is 12.7 Å². The van der Waals surface area contributed by atoms with Crippen molar-refractivity contribution >= 4 is 11.7 Å². The summed E-state index contributed by atoms with van der Waals surface area (Å²) >= 11 is 0. The second-order valence-corrected chi connectivity index (χ2v) is 5.83. The molecule has 1 aromatic carbocycles. The third-order valence-electron chi connectivity index (χ3n) is 4.32. The van der Waals surface area contributed by atoms with Crippen LogP contribution < -0.4 is 45.6 Å². The number of anilines is 1. The second kappa shape index (κ2) is 10.1. The molecule has 0 saturated heterocycles. The molecule has 0 aliphatic carbocycles. The van der Waals surface area contributed by atoms with Gasteiger partial charge >= 0.3 is 29.6 Å². The monoisotopic (exact) mass is 396 g/mol. The van der Waals surface area contributed by atoms with Crippen LogP contribution in [0.15, 0.2) is 29.1 Å². The van der Waals surface area contributed by atoms with Crippen LogP contribution >= 0.6 is 0 Å². The number of nitrogens with zero attached hydrogens (tertiary/aromatic N) is 5. The van der Waals surface area contributed by atoms with E-state index in [2.05, 4.69) is 0 Å². The first-order valence-corrected chi connectivity index (χ1v) is 7.93. The number of fused-ring (bicyclic) bond motifs is 1. The van der Waals surface area contributed by atoms with E-state index in [1.54, 1.807) is 24.1 Å². The summed E-state index contributed by atoms with van der Waals surface area (Å²) in [5.74, 6) is -0.338. The zero-order valence-electron chi connectivity index (χ0n) is 15.8. The molecule has 28 heavy (non-hydrogen) atoms. The maximum Gasteiger partial charge on any atom is 1.00 e. The summed E-state index contributed by atoms with van der Waals surface area (Å²) in [6, 6.07) is 5.97. The Balaban J connectivity index is 0.000000921. The first kappa shape index (κ1) is 23.5. The van der Waals surface area contributed by atoms with Gasteiger partial charge in [0.15, 0.2) is 5.75 Å². The number of ether oxygens (including phenoxy) is 1. The van der Waals surface area contributed by atoms with Gasteiger partial charge in [0.1, 0.15) is 11.6 Å². The molecule has 3 rings (SSSR count). The van der Waals surface area contributed by atoms with Gasteiger partial charge in [0.25, 0.3) is 11.5 Å². The minimum absolute atomic E-state index is 0. The molecule has 2 N–H and O–H groups in total. The average molecular weight is 396 g/mol. The van der Waals surface area contributed by atoms with Crippen molar-refractivity contribution in [3.05, 3.63) is 73.1 Å². The first-order chi connectivity index (χ1) is 12.8. The molecular weight excluding hydrogens is 378 g/mol. The Morgan fingerprint density at radius 3 is 2.36 bits per heavy atom. The molecule has 0 saturated carbocycles. The molecule has 1 amide bonds. The van der Waals surface area contributed by atoms with Crippen molar-refractivity contribution in [2.45, 2.75) is 13.0 Å². The Hall–Kier alpha value is -2.52. The number of nitrogens with two attached hydrogens (primary N) is 1. The van der Waals surface area contributed by atoms with E-state index >= 15 is 0 Å². The van der Waals surface area contributed by atoms with Crippen molar-refractivity contribution in [1.29, 1.82) is 0 Å². The minimum atomic E-state index is -0.439. The Morgan fingerprint density at radius 2 is 1.82 bits per heavy atom. The van der Waals surface area contributed by atoms with Crippen LogP contribution in [-0.2, 0) is 20.0 Å². The largest absolute Gasteiger partial charge is 1.00 e. The molecule has 1 aliphatic heterocycles. The van der Waals surface area contributed by atoms with E-state index in [0.29, 0.717) is 25.1 Å². The van der Waals surface area contributed by atoms with Crippen molar-refractivity contribution < 1.29 is 43.5 Å². The average Bonchev–Trinajstić information content (AvgIpc) is 2.65.